The fourth-order valence-electron chi connectivity index (χ4n) is 4.23. The largest absolute Gasteiger partial charge is 4.00 e. The van der Waals surface area contributed by atoms with Crippen LogP contribution in [0.15, 0.2) is 77.9 Å². The van der Waals surface area contributed by atoms with Gasteiger partial charge in [-0.25, -0.2) is 5.57 Å². The van der Waals surface area contributed by atoms with Crippen LogP contribution in [0.4, 0.5) is 0 Å². The number of halogens is 3. The first-order valence-corrected chi connectivity index (χ1v) is 9.74. The molecule has 154 valence electrons. The van der Waals surface area contributed by atoms with E-state index in [-0.39, 0.29) is 64.4 Å². The minimum atomic E-state index is -0.0248. The van der Waals surface area contributed by atoms with Gasteiger partial charge in [0.1, 0.15) is 0 Å². The van der Waals surface area contributed by atoms with Crippen LogP contribution in [0.2, 0.25) is 0 Å². The SMILES string of the molecule is CCCCC(C1=C(CCC)[C-]=CC1)(c1ccccc1)c1ccccc1.[Cl-].[Cl-].[Cl-].[Ti+4]. The van der Waals surface area contributed by atoms with Gasteiger partial charge >= 0.3 is 21.7 Å². The summed E-state index contributed by atoms with van der Waals surface area (Å²) in [6, 6.07) is 22.3. The molecule has 2 aromatic rings. The molecule has 0 nitrogen and oxygen atoms in total. The van der Waals surface area contributed by atoms with E-state index in [1.807, 2.05) is 0 Å². The molecule has 0 radical (unpaired) electrons. The van der Waals surface area contributed by atoms with Crippen molar-refractivity contribution in [3.63, 3.8) is 0 Å². The summed E-state index contributed by atoms with van der Waals surface area (Å²) in [5, 5.41) is 0. The van der Waals surface area contributed by atoms with Crippen LogP contribution in [0.3, 0.4) is 0 Å². The van der Waals surface area contributed by atoms with Crippen LogP contribution >= 0.6 is 0 Å². The van der Waals surface area contributed by atoms with Crippen molar-refractivity contribution in [2.45, 2.75) is 57.8 Å². The fourth-order valence-corrected chi connectivity index (χ4v) is 4.23. The summed E-state index contributed by atoms with van der Waals surface area (Å²) in [4.78, 5) is 0. The molecule has 0 fully saturated rings. The van der Waals surface area contributed by atoms with Gasteiger partial charge in [0.05, 0.1) is 0 Å². The predicted octanol–water partition coefficient (Wildman–Crippen LogP) is -1.97. The quantitative estimate of drug-likeness (QED) is 0.302. The first kappa shape index (κ1) is 30.7. The topological polar surface area (TPSA) is 0 Å². The van der Waals surface area contributed by atoms with Gasteiger partial charge < -0.3 is 37.2 Å². The maximum atomic E-state index is 3.58. The Bertz CT molecular complexity index is 700. The Morgan fingerprint density at radius 1 is 0.793 bits per heavy atom. The van der Waals surface area contributed by atoms with Crippen molar-refractivity contribution in [1.29, 1.82) is 0 Å². The molecule has 0 saturated heterocycles. The number of unbranched alkanes of at least 4 members (excludes halogenated alkanes) is 1. The van der Waals surface area contributed by atoms with E-state index in [1.165, 1.54) is 36.0 Å². The summed E-state index contributed by atoms with van der Waals surface area (Å²) >= 11 is 0. The van der Waals surface area contributed by atoms with E-state index < -0.39 is 0 Å². The molecular weight excluding hydrogens is 455 g/mol. The molecule has 29 heavy (non-hydrogen) atoms. The molecule has 1 aliphatic rings. The van der Waals surface area contributed by atoms with Crippen LogP contribution in [-0.4, -0.2) is 0 Å². The van der Waals surface area contributed by atoms with Gasteiger partial charge in [-0.3, -0.25) is 6.08 Å². The summed E-state index contributed by atoms with van der Waals surface area (Å²) in [5.74, 6) is 0. The Morgan fingerprint density at radius 3 is 1.76 bits per heavy atom. The predicted molar refractivity (Wildman–Crippen MR) is 108 cm³/mol. The van der Waals surface area contributed by atoms with Gasteiger partial charge in [-0.05, 0) is 5.41 Å². The molecule has 0 spiro atoms. The van der Waals surface area contributed by atoms with E-state index >= 15 is 0 Å². The Kier molecular flexibility index (Phi) is 16.2. The summed E-state index contributed by atoms with van der Waals surface area (Å²) in [7, 11) is 0. The molecule has 0 amide bonds. The van der Waals surface area contributed by atoms with Gasteiger partial charge in [0.25, 0.3) is 0 Å². The maximum absolute atomic E-state index is 3.58. The molecule has 0 bridgehead atoms. The number of hydrogen-bond acceptors (Lipinski definition) is 0. The molecule has 0 saturated carbocycles. The van der Waals surface area contributed by atoms with Crippen LogP contribution in [0, 0.1) is 6.08 Å². The average Bonchev–Trinajstić information content (AvgIpc) is 3.13. The van der Waals surface area contributed by atoms with Gasteiger partial charge in [-0.1, -0.05) is 124 Å². The number of allylic oxidation sites excluding steroid dienone is 4. The molecule has 0 aromatic heterocycles. The summed E-state index contributed by atoms with van der Waals surface area (Å²) < 4.78 is 0. The third-order valence-electron chi connectivity index (χ3n) is 5.40. The second-order valence-corrected chi connectivity index (χ2v) is 7.00. The smallest absolute Gasteiger partial charge is 1.00 e. The van der Waals surface area contributed by atoms with Gasteiger partial charge in [-0.2, -0.15) is 11.6 Å². The van der Waals surface area contributed by atoms with Crippen molar-refractivity contribution in [1.82, 2.24) is 0 Å². The van der Waals surface area contributed by atoms with Crippen molar-refractivity contribution in [3.05, 3.63) is 95.1 Å². The molecule has 2 aromatic carbocycles. The van der Waals surface area contributed by atoms with E-state index in [9.17, 15) is 0 Å². The molecule has 0 N–H and O–H groups in total. The van der Waals surface area contributed by atoms with Gasteiger partial charge in [0.15, 0.2) is 0 Å². The van der Waals surface area contributed by atoms with E-state index in [1.54, 1.807) is 5.57 Å². The van der Waals surface area contributed by atoms with Crippen LogP contribution in [0.1, 0.15) is 63.5 Å². The monoisotopic (exact) mass is 482 g/mol. The average molecular weight is 484 g/mol. The second kappa shape index (κ2) is 15.3. The van der Waals surface area contributed by atoms with Crippen molar-refractivity contribution in [2.24, 2.45) is 0 Å². The minimum absolute atomic E-state index is 0. The van der Waals surface area contributed by atoms with E-state index in [0.29, 0.717) is 0 Å². The van der Waals surface area contributed by atoms with Gasteiger partial charge in [0, 0.05) is 0 Å². The Balaban J connectivity index is 0. The fraction of sp³-hybridized carbons (Fsp3) is 0.360. The zero-order chi connectivity index (χ0) is 17.5. The standard InChI is InChI=1S/C25H29.3ClH.Ti/c1-3-5-20-25(22-15-8-6-9-16-22,23-17-10-7-11-18-23)24-19-12-14-21(24)13-4-2;;;;/h6-12,15-18H,3-5,13,19-20H2,1-2H3;3*1H;/q-1;;;;+4/p-3. The third kappa shape index (κ3) is 6.74. The van der Waals surface area contributed by atoms with Crippen molar-refractivity contribution >= 4 is 0 Å². The number of hydrogen-bond donors (Lipinski definition) is 0. The van der Waals surface area contributed by atoms with Gasteiger partial charge in [-0.15, -0.1) is 0 Å². The van der Waals surface area contributed by atoms with Crippen molar-refractivity contribution in [2.75, 3.05) is 0 Å². The minimum Gasteiger partial charge on any atom is -1.00 e. The molecule has 3 rings (SSSR count). The first-order valence-electron chi connectivity index (χ1n) is 9.74. The van der Waals surface area contributed by atoms with Gasteiger partial charge in [0.2, 0.25) is 0 Å². The van der Waals surface area contributed by atoms with E-state index in [0.717, 1.165) is 19.3 Å². The number of benzene rings is 2. The molecule has 0 heterocycles. The van der Waals surface area contributed by atoms with Crippen LogP contribution in [0.25, 0.3) is 0 Å². The van der Waals surface area contributed by atoms with E-state index in [2.05, 4.69) is 86.7 Å². The molecule has 0 unspecified atom stereocenters. The maximum Gasteiger partial charge on any atom is 4.00 e. The molecular formula is C25H29Cl3Ti. The van der Waals surface area contributed by atoms with Crippen molar-refractivity contribution in [3.8, 4) is 0 Å². The van der Waals surface area contributed by atoms with Crippen molar-refractivity contribution < 1.29 is 58.9 Å². The summed E-state index contributed by atoms with van der Waals surface area (Å²) in [5.41, 5.74) is 5.83. The van der Waals surface area contributed by atoms with E-state index in [4.69, 9.17) is 0 Å². The summed E-state index contributed by atoms with van der Waals surface area (Å²) in [6.07, 6.45) is 12.8. The molecule has 0 aliphatic heterocycles. The molecule has 4 heteroatoms. The molecule has 0 atom stereocenters. The van der Waals surface area contributed by atoms with Crippen LogP contribution < -0.4 is 37.2 Å². The normalized spacial score (nSPS) is 12.3. The summed E-state index contributed by atoms with van der Waals surface area (Å²) in [6.45, 7) is 4.56. The third-order valence-corrected chi connectivity index (χ3v) is 5.40. The zero-order valence-electron chi connectivity index (χ0n) is 17.2. The van der Waals surface area contributed by atoms with Crippen LogP contribution in [0.5, 0.6) is 0 Å². The Labute approximate surface area is 210 Å². The Morgan fingerprint density at radius 2 is 1.31 bits per heavy atom. The van der Waals surface area contributed by atoms with Crippen LogP contribution in [-0.2, 0) is 27.1 Å². The first-order chi connectivity index (χ1) is 12.3. The zero-order valence-corrected chi connectivity index (χ0v) is 21.1. The number of rotatable bonds is 8. The Hall–Kier alpha value is -0.496. The second-order valence-electron chi connectivity index (χ2n) is 7.00. The molecule has 1 aliphatic carbocycles.